The molecule has 0 saturated heterocycles. The van der Waals surface area contributed by atoms with Crippen molar-refractivity contribution in [2.75, 3.05) is 6.54 Å². The second-order valence-corrected chi connectivity index (χ2v) is 6.41. The van der Waals surface area contributed by atoms with Crippen molar-refractivity contribution in [2.45, 2.75) is 72.3 Å². The highest BCUT2D eigenvalue weighted by Crippen LogP contribution is 2.30. The second-order valence-electron chi connectivity index (χ2n) is 5.67. The van der Waals surface area contributed by atoms with Gasteiger partial charge in [-0.2, -0.15) is 11.3 Å². The topological polar surface area (TPSA) is 12.0 Å². The third kappa shape index (κ3) is 5.66. The Hall–Kier alpha value is -0.340. The van der Waals surface area contributed by atoms with E-state index in [1.165, 1.54) is 49.7 Å². The van der Waals surface area contributed by atoms with Gasteiger partial charge in [0.1, 0.15) is 0 Å². The number of hydrogen-bond acceptors (Lipinski definition) is 2. The summed E-state index contributed by atoms with van der Waals surface area (Å²) >= 11 is 1.84. The molecule has 1 aromatic heterocycles. The van der Waals surface area contributed by atoms with Gasteiger partial charge in [-0.25, -0.2) is 0 Å². The van der Waals surface area contributed by atoms with Crippen LogP contribution >= 0.6 is 11.3 Å². The maximum atomic E-state index is 3.76. The maximum Gasteiger partial charge on any atom is 0.0333 e. The molecule has 0 spiro atoms. The van der Waals surface area contributed by atoms with E-state index in [2.05, 4.69) is 43.8 Å². The van der Waals surface area contributed by atoms with Crippen LogP contribution in [0.5, 0.6) is 0 Å². The lowest BCUT2D eigenvalue weighted by Crippen LogP contribution is -2.24. The quantitative estimate of drug-likeness (QED) is 0.579. The molecule has 0 amide bonds. The van der Waals surface area contributed by atoms with E-state index in [0.29, 0.717) is 6.04 Å². The molecule has 110 valence electrons. The van der Waals surface area contributed by atoms with E-state index in [1.807, 2.05) is 11.3 Å². The molecular formula is C17H31NS. The highest BCUT2D eigenvalue weighted by atomic mass is 32.1. The molecule has 1 heterocycles. The van der Waals surface area contributed by atoms with Crippen molar-refractivity contribution in [2.24, 2.45) is 5.92 Å². The fraction of sp³-hybridized carbons (Fsp3) is 0.765. The molecule has 0 bridgehead atoms. The summed E-state index contributed by atoms with van der Waals surface area (Å²) in [6.45, 7) is 10.3. The highest BCUT2D eigenvalue weighted by molar-refractivity contribution is 7.08. The molecule has 0 aliphatic rings. The predicted molar refractivity (Wildman–Crippen MR) is 88.0 cm³/mol. The van der Waals surface area contributed by atoms with Crippen molar-refractivity contribution in [3.8, 4) is 0 Å². The Kier molecular flexibility index (Phi) is 8.40. The lowest BCUT2D eigenvalue weighted by atomic mass is 9.89. The summed E-state index contributed by atoms with van der Waals surface area (Å²) in [5.74, 6) is 0.869. The summed E-state index contributed by atoms with van der Waals surface area (Å²) in [6, 6.07) is 0.563. The van der Waals surface area contributed by atoms with Gasteiger partial charge in [0, 0.05) is 6.04 Å². The van der Waals surface area contributed by atoms with Crippen LogP contribution in [-0.2, 0) is 0 Å². The average molecular weight is 282 g/mol. The van der Waals surface area contributed by atoms with Crippen LogP contribution in [0.25, 0.3) is 0 Å². The summed E-state index contributed by atoms with van der Waals surface area (Å²) < 4.78 is 0. The van der Waals surface area contributed by atoms with Crippen LogP contribution in [0.2, 0.25) is 0 Å². The van der Waals surface area contributed by atoms with Crippen molar-refractivity contribution < 1.29 is 0 Å². The van der Waals surface area contributed by atoms with Crippen LogP contribution in [0.15, 0.2) is 10.8 Å². The van der Waals surface area contributed by atoms with Gasteiger partial charge >= 0.3 is 0 Å². The van der Waals surface area contributed by atoms with Crippen molar-refractivity contribution in [1.29, 1.82) is 0 Å². The highest BCUT2D eigenvalue weighted by Gasteiger charge is 2.18. The molecule has 1 nitrogen and oxygen atoms in total. The van der Waals surface area contributed by atoms with Gasteiger partial charge in [0.2, 0.25) is 0 Å². The summed E-state index contributed by atoms with van der Waals surface area (Å²) in [4.78, 5) is 0. The van der Waals surface area contributed by atoms with E-state index in [9.17, 15) is 0 Å². The first kappa shape index (κ1) is 16.7. The fourth-order valence-electron chi connectivity index (χ4n) is 2.68. The summed E-state index contributed by atoms with van der Waals surface area (Å²) in [5, 5.41) is 8.38. The van der Waals surface area contributed by atoms with Gasteiger partial charge in [0.15, 0.2) is 0 Å². The molecule has 2 heteroatoms. The molecular weight excluding hydrogens is 250 g/mol. The van der Waals surface area contributed by atoms with E-state index in [4.69, 9.17) is 0 Å². The Bertz CT molecular complexity index is 332. The predicted octanol–water partition coefficient (Wildman–Crippen LogP) is 5.70. The molecule has 1 N–H and O–H groups in total. The Morgan fingerprint density at radius 2 is 1.95 bits per heavy atom. The van der Waals surface area contributed by atoms with Gasteiger partial charge in [-0.05, 0) is 54.1 Å². The minimum Gasteiger partial charge on any atom is -0.310 e. The van der Waals surface area contributed by atoms with E-state index in [0.717, 1.165) is 12.5 Å². The molecule has 2 atom stereocenters. The minimum atomic E-state index is 0.563. The van der Waals surface area contributed by atoms with Crippen LogP contribution in [0.1, 0.15) is 76.5 Å². The summed E-state index contributed by atoms with van der Waals surface area (Å²) in [5.41, 5.74) is 3.00. The molecule has 1 rings (SSSR count). The fourth-order valence-corrected chi connectivity index (χ4v) is 3.59. The van der Waals surface area contributed by atoms with E-state index in [1.54, 1.807) is 0 Å². The van der Waals surface area contributed by atoms with Crippen LogP contribution in [0.3, 0.4) is 0 Å². The number of nitrogens with one attached hydrogen (secondary N) is 1. The van der Waals surface area contributed by atoms with E-state index in [-0.39, 0.29) is 0 Å². The number of hydrogen-bond donors (Lipinski definition) is 1. The zero-order valence-corrected chi connectivity index (χ0v) is 14.0. The molecule has 19 heavy (non-hydrogen) atoms. The van der Waals surface area contributed by atoms with Crippen molar-refractivity contribution in [3.05, 3.63) is 21.9 Å². The van der Waals surface area contributed by atoms with Crippen LogP contribution in [0, 0.1) is 12.8 Å². The maximum absolute atomic E-state index is 3.76. The lowest BCUT2D eigenvalue weighted by molar-refractivity contribution is 0.353. The molecule has 0 saturated carbocycles. The Labute approximate surface area is 123 Å². The number of thiophene rings is 1. The number of aryl methyl sites for hydroxylation is 1. The smallest absolute Gasteiger partial charge is 0.0333 e. The van der Waals surface area contributed by atoms with Gasteiger partial charge in [-0.15, -0.1) is 0 Å². The van der Waals surface area contributed by atoms with Gasteiger partial charge in [-0.3, -0.25) is 0 Å². The molecule has 0 fully saturated rings. The summed E-state index contributed by atoms with van der Waals surface area (Å²) in [7, 11) is 0. The van der Waals surface area contributed by atoms with Gasteiger partial charge in [0.05, 0.1) is 0 Å². The first-order valence-corrected chi connectivity index (χ1v) is 8.93. The largest absolute Gasteiger partial charge is 0.310 e. The van der Waals surface area contributed by atoms with Crippen molar-refractivity contribution in [1.82, 2.24) is 5.32 Å². The van der Waals surface area contributed by atoms with Crippen LogP contribution in [0.4, 0.5) is 0 Å². The second kappa shape index (κ2) is 9.55. The van der Waals surface area contributed by atoms with Crippen LogP contribution < -0.4 is 5.32 Å². The molecule has 0 aliphatic carbocycles. The zero-order chi connectivity index (χ0) is 14.1. The van der Waals surface area contributed by atoms with Gasteiger partial charge in [0.25, 0.3) is 0 Å². The van der Waals surface area contributed by atoms with E-state index >= 15 is 0 Å². The Morgan fingerprint density at radius 3 is 2.47 bits per heavy atom. The third-order valence-electron chi connectivity index (χ3n) is 4.02. The molecule has 2 unspecified atom stereocenters. The zero-order valence-electron chi connectivity index (χ0n) is 13.2. The monoisotopic (exact) mass is 281 g/mol. The van der Waals surface area contributed by atoms with Gasteiger partial charge in [-0.1, -0.05) is 46.5 Å². The minimum absolute atomic E-state index is 0.563. The Balaban J connectivity index is 2.65. The number of unbranched alkanes of at least 4 members (excludes halogenated alkanes) is 1. The Morgan fingerprint density at radius 1 is 1.16 bits per heavy atom. The third-order valence-corrected chi connectivity index (χ3v) is 4.90. The van der Waals surface area contributed by atoms with Gasteiger partial charge < -0.3 is 5.32 Å². The SMILES string of the molecule is CCCCC(CC)CC(NCCC)c1cscc1C. The lowest BCUT2D eigenvalue weighted by Gasteiger charge is -2.24. The van der Waals surface area contributed by atoms with Crippen molar-refractivity contribution >= 4 is 11.3 Å². The first-order valence-electron chi connectivity index (χ1n) is 7.98. The number of rotatable bonds is 10. The standard InChI is InChI=1S/C17H31NS/c1-5-8-9-15(7-3)11-17(18-10-6-2)16-13-19-12-14(16)4/h12-13,15,17-18H,5-11H2,1-4H3. The van der Waals surface area contributed by atoms with E-state index < -0.39 is 0 Å². The molecule has 0 radical (unpaired) electrons. The molecule has 0 aromatic carbocycles. The average Bonchev–Trinajstić information content (AvgIpc) is 2.84. The normalized spacial score (nSPS) is 14.5. The summed E-state index contributed by atoms with van der Waals surface area (Å²) in [6.07, 6.45) is 7.91. The molecule has 1 aromatic rings. The van der Waals surface area contributed by atoms with Crippen LogP contribution in [-0.4, -0.2) is 6.54 Å². The van der Waals surface area contributed by atoms with Crippen molar-refractivity contribution in [3.63, 3.8) is 0 Å². The molecule has 0 aliphatic heterocycles. The first-order chi connectivity index (χ1) is 9.22.